The third-order valence-electron chi connectivity index (χ3n) is 3.80. The Morgan fingerprint density at radius 1 is 0.963 bits per heavy atom. The fraction of sp³-hybridized carbons (Fsp3) is 0.684. The van der Waals surface area contributed by atoms with Gasteiger partial charge in [0.05, 0.1) is 11.3 Å². The van der Waals surface area contributed by atoms with Gasteiger partial charge < -0.3 is 25.1 Å². The zero-order valence-electron chi connectivity index (χ0n) is 17.1. The van der Waals surface area contributed by atoms with E-state index in [0.717, 1.165) is 45.8 Å². The van der Waals surface area contributed by atoms with E-state index in [2.05, 4.69) is 5.32 Å². The second-order valence-electron chi connectivity index (χ2n) is 7.68. The molecule has 0 atom stereocenters. The normalized spacial score (nSPS) is 20.1. The van der Waals surface area contributed by atoms with Gasteiger partial charge in [0.25, 0.3) is 0 Å². The van der Waals surface area contributed by atoms with Crippen molar-refractivity contribution in [2.45, 2.75) is 33.3 Å². The minimum atomic E-state index is -0.500. The molecule has 0 bridgehead atoms. The van der Waals surface area contributed by atoms with Gasteiger partial charge in [-0.2, -0.15) is 13.6 Å². The van der Waals surface area contributed by atoms with E-state index in [4.69, 9.17) is 5.11 Å². The third kappa shape index (κ3) is 7.88. The molecule has 0 aromatic rings. The standard InChI is InChI=1S/C12H13N3O2.C4H10O.C3H8N.Zr/c16-9-7-8(13-1-2-13)12(17)11(15-5-6-15)10(9)14-3-4-14;1-4(2,3)5;1-3-4-2;/h7H,1-6H2;5H,1-3H3;3H2,1-2H3;/q;;-1;. The second-order valence-corrected chi connectivity index (χ2v) is 7.68. The van der Waals surface area contributed by atoms with Crippen LogP contribution in [0.4, 0.5) is 0 Å². The van der Waals surface area contributed by atoms with Crippen molar-refractivity contribution >= 4 is 11.6 Å². The van der Waals surface area contributed by atoms with Crippen LogP contribution < -0.4 is 0 Å². The molecule has 27 heavy (non-hydrogen) atoms. The Balaban J connectivity index is 0.000000312. The smallest absolute Gasteiger partial charge is 0.227 e. The second kappa shape index (κ2) is 9.99. The van der Waals surface area contributed by atoms with Crippen molar-refractivity contribution < 1.29 is 40.9 Å². The Morgan fingerprint density at radius 3 is 1.67 bits per heavy atom. The maximum atomic E-state index is 12.4. The molecule has 0 amide bonds. The summed E-state index contributed by atoms with van der Waals surface area (Å²) in [5, 5.41) is 12.3. The number of allylic oxidation sites excluding steroid dienone is 1. The third-order valence-corrected chi connectivity index (χ3v) is 3.80. The van der Waals surface area contributed by atoms with E-state index >= 15 is 0 Å². The average Bonchev–Trinajstić information content (AvgIpc) is 3.37. The molecule has 0 aromatic heterocycles. The largest absolute Gasteiger partial charge is 0.665 e. The monoisotopic (exact) mass is 453 g/mol. The van der Waals surface area contributed by atoms with Crippen molar-refractivity contribution in [1.82, 2.24) is 14.7 Å². The molecule has 3 saturated heterocycles. The predicted molar refractivity (Wildman–Crippen MR) is 102 cm³/mol. The SMILES string of the molecule is CC(C)(C)O.CC[N-]C.O=C1C=C(N2CC2)C(=O)C(N2CC2)=C1N1CC1.[Zr]. The molecule has 150 valence electrons. The number of aliphatic hydroxyl groups is 1. The minimum Gasteiger partial charge on any atom is -0.665 e. The van der Waals surface area contributed by atoms with E-state index in [9.17, 15) is 9.59 Å². The van der Waals surface area contributed by atoms with Crippen molar-refractivity contribution in [3.63, 3.8) is 0 Å². The van der Waals surface area contributed by atoms with Crippen LogP contribution in [0.3, 0.4) is 0 Å². The van der Waals surface area contributed by atoms with E-state index in [-0.39, 0.29) is 37.8 Å². The van der Waals surface area contributed by atoms with Crippen molar-refractivity contribution in [2.24, 2.45) is 0 Å². The quantitative estimate of drug-likeness (QED) is 0.504. The fourth-order valence-corrected chi connectivity index (χ4v) is 2.28. The summed E-state index contributed by atoms with van der Waals surface area (Å²) in [6.07, 6.45) is 1.52. The van der Waals surface area contributed by atoms with Gasteiger partial charge in [-0.3, -0.25) is 9.59 Å². The van der Waals surface area contributed by atoms with Crippen LogP contribution in [-0.2, 0) is 35.8 Å². The van der Waals surface area contributed by atoms with Gasteiger partial charge >= 0.3 is 0 Å². The van der Waals surface area contributed by atoms with Gasteiger partial charge in [-0.1, -0.05) is 6.92 Å². The topological polar surface area (TPSA) is 77.5 Å². The van der Waals surface area contributed by atoms with E-state index in [1.807, 2.05) is 21.6 Å². The van der Waals surface area contributed by atoms with Gasteiger partial charge in [0.2, 0.25) is 11.6 Å². The zero-order valence-corrected chi connectivity index (χ0v) is 19.5. The number of hydrogen-bond donors (Lipinski definition) is 1. The van der Waals surface area contributed by atoms with Crippen molar-refractivity contribution in [2.75, 3.05) is 52.9 Å². The average molecular weight is 455 g/mol. The summed E-state index contributed by atoms with van der Waals surface area (Å²) >= 11 is 0. The molecule has 3 heterocycles. The molecule has 0 aromatic carbocycles. The molecule has 8 heteroatoms. The van der Waals surface area contributed by atoms with Crippen LogP contribution in [0.25, 0.3) is 5.32 Å². The molecule has 0 radical (unpaired) electrons. The molecule has 4 rings (SSSR count). The summed E-state index contributed by atoms with van der Waals surface area (Å²) in [4.78, 5) is 30.5. The zero-order chi connectivity index (χ0) is 19.5. The molecule has 0 unspecified atom stereocenters. The van der Waals surface area contributed by atoms with Gasteiger partial charge in [-0.25, -0.2) is 0 Å². The fourth-order valence-electron chi connectivity index (χ4n) is 2.28. The van der Waals surface area contributed by atoms with E-state index < -0.39 is 5.60 Å². The van der Waals surface area contributed by atoms with Crippen LogP contribution in [0, 0.1) is 0 Å². The number of carbonyl (C=O) groups is 2. The predicted octanol–water partition coefficient (Wildman–Crippen LogP) is 0.965. The maximum Gasteiger partial charge on any atom is 0.227 e. The number of ketones is 2. The van der Waals surface area contributed by atoms with Crippen molar-refractivity contribution in [3.8, 4) is 0 Å². The van der Waals surface area contributed by atoms with E-state index in [1.165, 1.54) is 6.08 Å². The summed E-state index contributed by atoms with van der Waals surface area (Å²) in [6.45, 7) is 13.6. The number of hydrogen-bond acceptors (Lipinski definition) is 6. The van der Waals surface area contributed by atoms with Gasteiger partial charge in [0, 0.05) is 71.5 Å². The molecule has 0 spiro atoms. The van der Waals surface area contributed by atoms with E-state index in [1.54, 1.807) is 27.8 Å². The maximum absolute atomic E-state index is 12.4. The summed E-state index contributed by atoms with van der Waals surface area (Å²) < 4.78 is 0. The summed E-state index contributed by atoms with van der Waals surface area (Å²) in [5.74, 6) is 0.0485. The Labute approximate surface area is 181 Å². The molecule has 7 nitrogen and oxygen atoms in total. The summed E-state index contributed by atoms with van der Waals surface area (Å²) in [5.41, 5.74) is 1.39. The van der Waals surface area contributed by atoms with Crippen LogP contribution in [0.1, 0.15) is 27.7 Å². The van der Waals surface area contributed by atoms with Gasteiger partial charge in [-0.15, -0.1) is 0 Å². The number of rotatable bonds is 4. The first-order valence-electron chi connectivity index (χ1n) is 9.25. The number of Topliss-reactive ketones (excluding diaryl/α,β-unsaturated/α-hetero) is 1. The Kier molecular flexibility index (Phi) is 8.90. The molecule has 4 aliphatic rings. The van der Waals surface area contributed by atoms with Crippen LogP contribution in [-0.4, -0.2) is 89.8 Å². The Hall–Kier alpha value is -0.977. The summed E-state index contributed by atoms with van der Waals surface area (Å²) in [7, 11) is 1.81. The molecule has 1 aliphatic carbocycles. The summed E-state index contributed by atoms with van der Waals surface area (Å²) in [6, 6.07) is 0. The molecular formula is C19H31N4O3Zr-. The Bertz CT molecular complexity index is 605. The van der Waals surface area contributed by atoms with Crippen LogP contribution in [0.5, 0.6) is 0 Å². The van der Waals surface area contributed by atoms with Gasteiger partial charge in [0.15, 0.2) is 0 Å². The molecular weight excluding hydrogens is 423 g/mol. The van der Waals surface area contributed by atoms with E-state index in [0.29, 0.717) is 17.1 Å². The number of carbonyl (C=O) groups excluding carboxylic acids is 2. The first-order valence-corrected chi connectivity index (χ1v) is 9.25. The van der Waals surface area contributed by atoms with Gasteiger partial charge in [-0.05, 0) is 20.8 Å². The Morgan fingerprint density at radius 2 is 1.33 bits per heavy atom. The van der Waals surface area contributed by atoms with Crippen molar-refractivity contribution in [3.05, 3.63) is 28.5 Å². The first-order chi connectivity index (χ1) is 12.2. The van der Waals surface area contributed by atoms with Gasteiger partial charge in [0.1, 0.15) is 11.4 Å². The minimum absolute atomic E-state index is 0. The number of nitrogens with zero attached hydrogens (tertiary/aromatic N) is 4. The molecule has 0 saturated carbocycles. The first kappa shape index (κ1) is 24.1. The van der Waals surface area contributed by atoms with Crippen molar-refractivity contribution in [1.29, 1.82) is 0 Å². The molecule has 3 fully saturated rings. The van der Waals surface area contributed by atoms with Crippen LogP contribution >= 0.6 is 0 Å². The molecule has 3 aliphatic heterocycles. The van der Waals surface area contributed by atoms with Crippen LogP contribution in [0.2, 0.25) is 0 Å². The molecule has 1 N–H and O–H groups in total. The van der Waals surface area contributed by atoms with Crippen LogP contribution in [0.15, 0.2) is 23.2 Å².